The predicted molar refractivity (Wildman–Crippen MR) is 61.5 cm³/mol. The van der Waals surface area contributed by atoms with Gasteiger partial charge < -0.3 is 5.32 Å². The SMILES string of the molecule is CC(C)(C)CCNC1=NCCCS1. The topological polar surface area (TPSA) is 24.4 Å². The average Bonchev–Trinajstić information content (AvgIpc) is 2.04. The Bertz CT molecular complexity index is 182. The maximum absolute atomic E-state index is 4.42. The monoisotopic (exact) mass is 200 g/mol. The molecule has 0 saturated heterocycles. The van der Waals surface area contributed by atoms with Crippen molar-refractivity contribution in [1.82, 2.24) is 5.32 Å². The number of hydrogen-bond acceptors (Lipinski definition) is 3. The van der Waals surface area contributed by atoms with E-state index in [1.807, 2.05) is 11.8 Å². The van der Waals surface area contributed by atoms with Gasteiger partial charge in [0, 0.05) is 18.8 Å². The minimum Gasteiger partial charge on any atom is -0.365 e. The first kappa shape index (κ1) is 10.9. The van der Waals surface area contributed by atoms with Gasteiger partial charge in [0.25, 0.3) is 0 Å². The highest BCUT2D eigenvalue weighted by Crippen LogP contribution is 2.17. The number of aliphatic imine (C=N–C) groups is 1. The second-order valence-electron chi connectivity index (χ2n) is 4.63. The molecule has 0 bridgehead atoms. The van der Waals surface area contributed by atoms with Crippen molar-refractivity contribution in [2.45, 2.75) is 33.6 Å². The fraction of sp³-hybridized carbons (Fsp3) is 0.900. The van der Waals surface area contributed by atoms with Crippen molar-refractivity contribution in [3.8, 4) is 0 Å². The summed E-state index contributed by atoms with van der Waals surface area (Å²) < 4.78 is 0. The van der Waals surface area contributed by atoms with Crippen molar-refractivity contribution in [1.29, 1.82) is 0 Å². The first-order valence-electron chi connectivity index (χ1n) is 4.99. The maximum atomic E-state index is 4.42. The van der Waals surface area contributed by atoms with Crippen LogP contribution in [0.2, 0.25) is 0 Å². The summed E-state index contributed by atoms with van der Waals surface area (Å²) in [5.41, 5.74) is 0.424. The van der Waals surface area contributed by atoms with E-state index in [2.05, 4.69) is 31.1 Å². The van der Waals surface area contributed by atoms with E-state index in [0.717, 1.165) is 18.3 Å². The molecule has 1 heterocycles. The van der Waals surface area contributed by atoms with Crippen molar-refractivity contribution >= 4 is 16.9 Å². The van der Waals surface area contributed by atoms with Gasteiger partial charge in [-0.15, -0.1) is 0 Å². The molecule has 0 aromatic heterocycles. The van der Waals surface area contributed by atoms with E-state index in [9.17, 15) is 0 Å². The van der Waals surface area contributed by atoms with Crippen LogP contribution in [0.4, 0.5) is 0 Å². The zero-order valence-corrected chi connectivity index (χ0v) is 9.71. The minimum atomic E-state index is 0.424. The van der Waals surface area contributed by atoms with Gasteiger partial charge in [-0.3, -0.25) is 4.99 Å². The number of amidine groups is 1. The van der Waals surface area contributed by atoms with Gasteiger partial charge in [0.15, 0.2) is 5.17 Å². The van der Waals surface area contributed by atoms with Crippen molar-refractivity contribution in [2.75, 3.05) is 18.8 Å². The van der Waals surface area contributed by atoms with E-state index in [1.165, 1.54) is 18.6 Å². The second-order valence-corrected chi connectivity index (χ2v) is 5.71. The zero-order valence-electron chi connectivity index (χ0n) is 8.89. The third kappa shape index (κ3) is 5.19. The Morgan fingerprint density at radius 1 is 1.46 bits per heavy atom. The third-order valence-electron chi connectivity index (χ3n) is 1.95. The first-order chi connectivity index (χ1) is 6.08. The molecule has 0 spiro atoms. The van der Waals surface area contributed by atoms with Crippen LogP contribution in [0.3, 0.4) is 0 Å². The van der Waals surface area contributed by atoms with Crippen LogP contribution in [0.25, 0.3) is 0 Å². The standard InChI is InChI=1S/C10H20N2S/c1-10(2,3)5-7-12-9-11-6-4-8-13-9/h4-8H2,1-3H3,(H,11,12). The summed E-state index contributed by atoms with van der Waals surface area (Å²) in [7, 11) is 0. The third-order valence-corrected chi connectivity index (χ3v) is 2.99. The van der Waals surface area contributed by atoms with Gasteiger partial charge in [-0.1, -0.05) is 32.5 Å². The number of nitrogens with one attached hydrogen (secondary N) is 1. The molecule has 0 atom stereocenters. The summed E-state index contributed by atoms with van der Waals surface area (Å²) in [6, 6.07) is 0. The Balaban J connectivity index is 2.15. The van der Waals surface area contributed by atoms with Crippen molar-refractivity contribution < 1.29 is 0 Å². The lowest BCUT2D eigenvalue weighted by atomic mass is 9.92. The number of thioether (sulfide) groups is 1. The highest BCUT2D eigenvalue weighted by atomic mass is 32.2. The fourth-order valence-corrected chi connectivity index (χ4v) is 1.96. The molecular formula is C10H20N2S. The Morgan fingerprint density at radius 2 is 2.23 bits per heavy atom. The first-order valence-corrected chi connectivity index (χ1v) is 5.98. The highest BCUT2D eigenvalue weighted by molar-refractivity contribution is 8.13. The lowest BCUT2D eigenvalue weighted by molar-refractivity contribution is 0.378. The Kier molecular flexibility index (Phi) is 4.10. The summed E-state index contributed by atoms with van der Waals surface area (Å²) in [5.74, 6) is 1.22. The van der Waals surface area contributed by atoms with Crippen LogP contribution < -0.4 is 5.32 Å². The molecule has 1 aliphatic heterocycles. The number of hydrogen-bond donors (Lipinski definition) is 1. The summed E-state index contributed by atoms with van der Waals surface area (Å²) in [4.78, 5) is 4.42. The van der Waals surface area contributed by atoms with E-state index < -0.39 is 0 Å². The van der Waals surface area contributed by atoms with Crippen molar-refractivity contribution in [3.63, 3.8) is 0 Å². The Morgan fingerprint density at radius 3 is 2.77 bits per heavy atom. The van der Waals surface area contributed by atoms with E-state index in [0.29, 0.717) is 5.41 Å². The van der Waals surface area contributed by atoms with Gasteiger partial charge in [0.2, 0.25) is 0 Å². The minimum absolute atomic E-state index is 0.424. The van der Waals surface area contributed by atoms with Gasteiger partial charge >= 0.3 is 0 Å². The molecule has 0 saturated carbocycles. The normalized spacial score (nSPS) is 18.2. The highest BCUT2D eigenvalue weighted by Gasteiger charge is 2.10. The molecule has 0 amide bonds. The molecule has 1 aliphatic rings. The summed E-state index contributed by atoms with van der Waals surface area (Å²) in [6.45, 7) is 8.86. The van der Waals surface area contributed by atoms with E-state index >= 15 is 0 Å². The largest absolute Gasteiger partial charge is 0.365 e. The van der Waals surface area contributed by atoms with Gasteiger partial charge in [-0.25, -0.2) is 0 Å². The van der Waals surface area contributed by atoms with E-state index in [1.54, 1.807) is 0 Å². The lowest BCUT2D eigenvalue weighted by Gasteiger charge is -2.19. The molecule has 76 valence electrons. The van der Waals surface area contributed by atoms with Crippen LogP contribution in [0, 0.1) is 5.41 Å². The molecule has 0 radical (unpaired) electrons. The molecule has 1 rings (SSSR count). The molecule has 0 aromatic rings. The van der Waals surface area contributed by atoms with E-state index in [-0.39, 0.29) is 0 Å². The number of rotatable bonds is 2. The second kappa shape index (κ2) is 4.89. The quantitative estimate of drug-likeness (QED) is 0.740. The predicted octanol–water partition coefficient (Wildman–Crippen LogP) is 2.51. The molecule has 2 nitrogen and oxygen atoms in total. The van der Waals surface area contributed by atoms with Crippen LogP contribution in [-0.2, 0) is 0 Å². The van der Waals surface area contributed by atoms with Crippen molar-refractivity contribution in [3.05, 3.63) is 0 Å². The summed E-state index contributed by atoms with van der Waals surface area (Å²) in [6.07, 6.45) is 2.43. The van der Waals surface area contributed by atoms with Crippen LogP contribution in [-0.4, -0.2) is 24.0 Å². The van der Waals surface area contributed by atoms with Crippen LogP contribution >= 0.6 is 11.8 Å². The molecule has 0 fully saturated rings. The summed E-state index contributed by atoms with van der Waals surface area (Å²) >= 11 is 1.85. The summed E-state index contributed by atoms with van der Waals surface area (Å²) in [5, 5.41) is 4.54. The molecule has 0 unspecified atom stereocenters. The lowest BCUT2D eigenvalue weighted by Crippen LogP contribution is -2.27. The van der Waals surface area contributed by atoms with Crippen LogP contribution in [0.5, 0.6) is 0 Å². The van der Waals surface area contributed by atoms with Crippen molar-refractivity contribution in [2.24, 2.45) is 10.4 Å². The van der Waals surface area contributed by atoms with Crippen LogP contribution in [0.15, 0.2) is 4.99 Å². The van der Waals surface area contributed by atoms with Gasteiger partial charge in [-0.2, -0.15) is 0 Å². The molecule has 3 heteroatoms. The number of nitrogens with zero attached hydrogens (tertiary/aromatic N) is 1. The molecule has 13 heavy (non-hydrogen) atoms. The van der Waals surface area contributed by atoms with Gasteiger partial charge in [-0.05, 0) is 18.3 Å². The Labute approximate surface area is 85.6 Å². The maximum Gasteiger partial charge on any atom is 0.156 e. The molecule has 1 N–H and O–H groups in total. The smallest absolute Gasteiger partial charge is 0.156 e. The average molecular weight is 200 g/mol. The van der Waals surface area contributed by atoms with E-state index in [4.69, 9.17) is 0 Å². The molecular weight excluding hydrogens is 180 g/mol. The van der Waals surface area contributed by atoms with Gasteiger partial charge in [0.1, 0.15) is 0 Å². The van der Waals surface area contributed by atoms with Gasteiger partial charge in [0.05, 0.1) is 0 Å². The molecule has 0 aromatic carbocycles. The molecule has 0 aliphatic carbocycles. The zero-order chi connectivity index (χ0) is 9.73. The van der Waals surface area contributed by atoms with Crippen LogP contribution in [0.1, 0.15) is 33.6 Å². The Hall–Kier alpha value is -0.180. The fourth-order valence-electron chi connectivity index (χ4n) is 1.11.